The van der Waals surface area contributed by atoms with Crippen LogP contribution in [0.5, 0.6) is 5.75 Å². The van der Waals surface area contributed by atoms with Crippen molar-refractivity contribution < 1.29 is 19.1 Å². The maximum absolute atomic E-state index is 13.8. The van der Waals surface area contributed by atoms with Crippen LogP contribution in [0.4, 0.5) is 0 Å². The highest BCUT2D eigenvalue weighted by Crippen LogP contribution is 2.34. The van der Waals surface area contributed by atoms with Crippen molar-refractivity contribution in [3.63, 3.8) is 0 Å². The van der Waals surface area contributed by atoms with Crippen molar-refractivity contribution in [3.8, 4) is 17.0 Å². The lowest BCUT2D eigenvalue weighted by atomic mass is 10.0. The predicted octanol–water partition coefficient (Wildman–Crippen LogP) is 4.92. The first kappa shape index (κ1) is 28.6. The number of aromatic nitrogens is 1. The molecule has 2 aromatic carbocycles. The van der Waals surface area contributed by atoms with Crippen molar-refractivity contribution in [1.82, 2.24) is 15.2 Å². The van der Waals surface area contributed by atoms with Gasteiger partial charge in [0.25, 0.3) is 0 Å². The number of ether oxygens (including phenoxy) is 1. The summed E-state index contributed by atoms with van der Waals surface area (Å²) in [5.41, 5.74) is 9.60. The first-order chi connectivity index (χ1) is 19.9. The largest absolute Gasteiger partial charge is 0.488 e. The second-order valence-electron chi connectivity index (χ2n) is 11.3. The van der Waals surface area contributed by atoms with Crippen LogP contribution >= 0.6 is 0 Å². The smallest absolute Gasteiger partial charge is 0.245 e. The fourth-order valence-corrected chi connectivity index (χ4v) is 5.93. The Kier molecular flexibility index (Phi) is 9.17. The van der Waals surface area contributed by atoms with Gasteiger partial charge in [0.05, 0.1) is 17.8 Å². The molecule has 3 amide bonds. The van der Waals surface area contributed by atoms with E-state index in [4.69, 9.17) is 15.5 Å². The van der Waals surface area contributed by atoms with Crippen LogP contribution < -0.4 is 15.8 Å². The van der Waals surface area contributed by atoms with E-state index in [-0.39, 0.29) is 18.4 Å². The highest BCUT2D eigenvalue weighted by atomic mass is 16.5. The van der Waals surface area contributed by atoms with Gasteiger partial charge in [0.1, 0.15) is 23.9 Å². The summed E-state index contributed by atoms with van der Waals surface area (Å²) in [6.45, 7) is 2.27. The van der Waals surface area contributed by atoms with E-state index < -0.39 is 24.1 Å². The third kappa shape index (κ3) is 6.87. The molecule has 8 heteroatoms. The normalized spacial score (nSPS) is 22.2. The van der Waals surface area contributed by atoms with Crippen molar-refractivity contribution >= 4 is 28.6 Å². The molecule has 3 heterocycles. The van der Waals surface area contributed by atoms with Crippen LogP contribution in [0.3, 0.4) is 0 Å². The van der Waals surface area contributed by atoms with Crippen molar-refractivity contribution in [3.05, 3.63) is 60.2 Å². The molecule has 3 atom stereocenters. The summed E-state index contributed by atoms with van der Waals surface area (Å²) < 4.78 is 6.62. The number of benzene rings is 2. The van der Waals surface area contributed by atoms with Gasteiger partial charge < -0.3 is 20.7 Å². The molecule has 0 aliphatic carbocycles. The van der Waals surface area contributed by atoms with Crippen molar-refractivity contribution in [2.75, 3.05) is 6.54 Å². The SMILES string of the molecule is CCCC[C@@H]1NC(=O)CCCCCCc2ccc3nc(-c4ccccc4)cc(c3c2)O[C@@H]2C[C@@H](C(N)=O)N(C2)C1=O. The molecule has 3 N–H and O–H groups in total. The zero-order valence-electron chi connectivity index (χ0n) is 23.8. The van der Waals surface area contributed by atoms with Gasteiger partial charge in [-0.25, -0.2) is 4.98 Å². The van der Waals surface area contributed by atoms with E-state index >= 15 is 0 Å². The Hall–Kier alpha value is -3.94. The van der Waals surface area contributed by atoms with E-state index in [1.165, 1.54) is 10.5 Å². The molecule has 0 unspecified atom stereocenters. The summed E-state index contributed by atoms with van der Waals surface area (Å²) in [7, 11) is 0. The summed E-state index contributed by atoms with van der Waals surface area (Å²) in [6.07, 6.45) is 7.14. The maximum atomic E-state index is 13.8. The summed E-state index contributed by atoms with van der Waals surface area (Å²) in [5.74, 6) is -0.281. The van der Waals surface area contributed by atoms with E-state index in [9.17, 15) is 14.4 Å². The van der Waals surface area contributed by atoms with Gasteiger partial charge in [0.2, 0.25) is 17.7 Å². The molecule has 3 aromatic rings. The number of pyridine rings is 1. The summed E-state index contributed by atoms with van der Waals surface area (Å²) in [5, 5.41) is 3.88. The van der Waals surface area contributed by atoms with Crippen LogP contribution in [-0.4, -0.2) is 52.3 Å². The maximum Gasteiger partial charge on any atom is 0.245 e. The molecular formula is C33H40N4O4. The summed E-state index contributed by atoms with van der Waals surface area (Å²) >= 11 is 0. The van der Waals surface area contributed by atoms with Gasteiger partial charge in [0, 0.05) is 29.9 Å². The zero-order valence-corrected chi connectivity index (χ0v) is 23.8. The lowest BCUT2D eigenvalue weighted by molar-refractivity contribution is -0.140. The van der Waals surface area contributed by atoms with Gasteiger partial charge in [-0.2, -0.15) is 0 Å². The van der Waals surface area contributed by atoms with E-state index in [0.29, 0.717) is 25.0 Å². The Bertz CT molecular complexity index is 1390. The standard InChI is InChI=1S/C33H40N4O4/c1-2-3-14-27-33(40)37-21-24(19-29(37)32(34)39)41-30-20-28(23-12-8-6-9-13-23)35-26-17-16-22(18-25(26)30)11-7-4-5-10-15-31(38)36-27/h6,8-9,12-13,16-18,20,24,27,29H,2-5,7,10-11,14-15,19,21H2,1H3,(H2,34,39)(H,36,38)/t24-,27+,29+/m1/s1. The molecule has 2 aliphatic rings. The summed E-state index contributed by atoms with van der Waals surface area (Å²) in [6, 6.07) is 16.7. The second-order valence-corrected chi connectivity index (χ2v) is 11.3. The molecule has 216 valence electrons. The molecule has 1 saturated heterocycles. The average Bonchev–Trinajstić information content (AvgIpc) is 3.41. The summed E-state index contributed by atoms with van der Waals surface area (Å²) in [4.78, 5) is 45.5. The number of hydrogen-bond acceptors (Lipinski definition) is 5. The molecule has 1 aromatic heterocycles. The quantitative estimate of drug-likeness (QED) is 0.463. The number of fused-ring (bicyclic) bond motifs is 3. The van der Waals surface area contributed by atoms with Crippen molar-refractivity contribution in [2.45, 2.75) is 89.3 Å². The number of carbonyl (C=O) groups is 3. The minimum absolute atomic E-state index is 0.122. The molecule has 5 rings (SSSR count). The zero-order chi connectivity index (χ0) is 28.8. The molecule has 8 nitrogen and oxygen atoms in total. The van der Waals surface area contributed by atoms with E-state index in [0.717, 1.165) is 67.1 Å². The fraction of sp³-hybridized carbons (Fsp3) is 0.455. The average molecular weight is 557 g/mol. The Morgan fingerprint density at radius 1 is 1.05 bits per heavy atom. The number of amides is 3. The molecule has 2 aliphatic heterocycles. The number of carbonyl (C=O) groups excluding carboxylic acids is 3. The van der Waals surface area contributed by atoms with Crippen LogP contribution in [-0.2, 0) is 20.8 Å². The molecule has 0 spiro atoms. The molecule has 0 saturated carbocycles. The van der Waals surface area contributed by atoms with E-state index in [1.807, 2.05) is 49.4 Å². The molecule has 4 bridgehead atoms. The van der Waals surface area contributed by atoms with Gasteiger partial charge >= 0.3 is 0 Å². The number of nitrogens with one attached hydrogen (secondary N) is 1. The van der Waals surface area contributed by atoms with Gasteiger partial charge in [-0.1, -0.05) is 69.0 Å². The lowest BCUT2D eigenvalue weighted by Gasteiger charge is -2.27. The number of hydrogen-bond donors (Lipinski definition) is 2. The predicted molar refractivity (Wildman–Crippen MR) is 159 cm³/mol. The molecule has 0 radical (unpaired) electrons. The third-order valence-corrected chi connectivity index (χ3v) is 8.17. The Balaban J connectivity index is 1.52. The molecule has 41 heavy (non-hydrogen) atoms. The van der Waals surface area contributed by atoms with E-state index in [2.05, 4.69) is 17.4 Å². The topological polar surface area (TPSA) is 115 Å². The van der Waals surface area contributed by atoms with Gasteiger partial charge in [-0.05, 0) is 43.4 Å². The Morgan fingerprint density at radius 3 is 2.59 bits per heavy atom. The van der Waals surface area contributed by atoms with Gasteiger partial charge in [-0.3, -0.25) is 14.4 Å². The fourth-order valence-electron chi connectivity index (χ4n) is 5.93. The highest BCUT2D eigenvalue weighted by Gasteiger charge is 2.42. The number of unbranched alkanes of at least 4 members (excludes halogenated alkanes) is 1. The van der Waals surface area contributed by atoms with Gasteiger partial charge in [0.15, 0.2) is 0 Å². The number of rotatable bonds is 5. The number of nitrogens with zero attached hydrogens (tertiary/aromatic N) is 2. The van der Waals surface area contributed by atoms with Gasteiger partial charge in [-0.15, -0.1) is 0 Å². The minimum Gasteiger partial charge on any atom is -0.488 e. The minimum atomic E-state index is -0.798. The van der Waals surface area contributed by atoms with Crippen LogP contribution in [0.1, 0.15) is 70.3 Å². The molecular weight excluding hydrogens is 516 g/mol. The lowest BCUT2D eigenvalue weighted by Crippen LogP contribution is -2.53. The Labute approximate surface area is 241 Å². The third-order valence-electron chi connectivity index (χ3n) is 8.17. The van der Waals surface area contributed by atoms with Crippen molar-refractivity contribution in [2.24, 2.45) is 5.73 Å². The first-order valence-corrected chi connectivity index (χ1v) is 15.0. The number of aryl methyl sites for hydroxylation is 1. The Morgan fingerprint density at radius 2 is 1.83 bits per heavy atom. The van der Waals surface area contributed by atoms with Crippen molar-refractivity contribution in [1.29, 1.82) is 0 Å². The first-order valence-electron chi connectivity index (χ1n) is 15.0. The monoisotopic (exact) mass is 556 g/mol. The van der Waals surface area contributed by atoms with Crippen LogP contribution in [0.2, 0.25) is 0 Å². The molecule has 1 fully saturated rings. The van der Waals surface area contributed by atoms with Crippen LogP contribution in [0, 0.1) is 0 Å². The number of primary amides is 1. The second kappa shape index (κ2) is 13.1. The van der Waals surface area contributed by atoms with Crippen LogP contribution in [0.25, 0.3) is 22.2 Å². The highest BCUT2D eigenvalue weighted by molar-refractivity contribution is 5.92. The van der Waals surface area contributed by atoms with E-state index in [1.54, 1.807) is 0 Å². The van der Waals surface area contributed by atoms with Crippen LogP contribution in [0.15, 0.2) is 54.6 Å². The number of nitrogens with two attached hydrogens (primary N) is 1.